The van der Waals surface area contributed by atoms with Crippen LogP contribution in [0.1, 0.15) is 29.4 Å². The molecule has 1 aromatic carbocycles. The number of benzene rings is 1. The number of hydrogen-bond donors (Lipinski definition) is 0. The molecule has 0 amide bonds. The maximum Gasteiger partial charge on any atom is 0.0464 e. The minimum absolute atomic E-state index is 1.03. The van der Waals surface area contributed by atoms with E-state index < -0.39 is 0 Å². The number of hydrogen-bond acceptors (Lipinski definition) is 2. The van der Waals surface area contributed by atoms with Gasteiger partial charge in [-0.25, -0.2) is 0 Å². The number of fused-ring (bicyclic) bond motifs is 1. The first kappa shape index (κ1) is 12.4. The van der Waals surface area contributed by atoms with Crippen molar-refractivity contribution in [1.29, 1.82) is 0 Å². The molecule has 0 aliphatic carbocycles. The average molecular weight is 252 g/mol. The molecule has 0 bridgehead atoms. The number of rotatable bonds is 3. The number of pyridine rings is 1. The Balaban J connectivity index is 1.72. The van der Waals surface area contributed by atoms with Gasteiger partial charge in [-0.3, -0.25) is 9.88 Å². The van der Waals surface area contributed by atoms with E-state index in [1.165, 1.54) is 22.5 Å². The van der Waals surface area contributed by atoms with Crippen LogP contribution < -0.4 is 0 Å². The Morgan fingerprint density at radius 3 is 2.74 bits per heavy atom. The Hall–Kier alpha value is -1.67. The lowest BCUT2D eigenvalue weighted by Crippen LogP contribution is -2.30. The highest BCUT2D eigenvalue weighted by atomic mass is 15.1. The number of aryl methyl sites for hydroxylation is 1. The predicted molar refractivity (Wildman–Crippen MR) is 77.9 cm³/mol. The third kappa shape index (κ3) is 2.85. The van der Waals surface area contributed by atoms with Crippen molar-refractivity contribution in [2.45, 2.75) is 32.9 Å². The van der Waals surface area contributed by atoms with Crippen LogP contribution in [-0.4, -0.2) is 16.4 Å². The Morgan fingerprint density at radius 2 is 1.95 bits per heavy atom. The summed E-state index contributed by atoms with van der Waals surface area (Å²) in [6, 6.07) is 15.1. The molecule has 2 aromatic rings. The smallest absolute Gasteiger partial charge is 0.0464 e. The summed E-state index contributed by atoms with van der Waals surface area (Å²) in [5.74, 6) is 0. The molecule has 2 heteroatoms. The largest absolute Gasteiger partial charge is 0.294 e. The number of nitrogens with zero attached hydrogens (tertiary/aromatic N) is 2. The van der Waals surface area contributed by atoms with Gasteiger partial charge in [-0.05, 0) is 23.6 Å². The van der Waals surface area contributed by atoms with Crippen LogP contribution in [0.3, 0.4) is 0 Å². The van der Waals surface area contributed by atoms with Gasteiger partial charge >= 0.3 is 0 Å². The van der Waals surface area contributed by atoms with Gasteiger partial charge in [0.1, 0.15) is 0 Å². The van der Waals surface area contributed by atoms with Crippen molar-refractivity contribution in [1.82, 2.24) is 9.88 Å². The van der Waals surface area contributed by atoms with E-state index >= 15 is 0 Å². The lowest BCUT2D eigenvalue weighted by atomic mass is 10.0. The second-order valence-electron chi connectivity index (χ2n) is 5.21. The van der Waals surface area contributed by atoms with Crippen LogP contribution in [0.5, 0.6) is 0 Å². The van der Waals surface area contributed by atoms with Crippen LogP contribution in [0.25, 0.3) is 0 Å². The van der Waals surface area contributed by atoms with Gasteiger partial charge in [0.25, 0.3) is 0 Å². The molecule has 0 spiro atoms. The fraction of sp³-hybridized carbons (Fsp3) is 0.353. The molecule has 3 rings (SSSR count). The molecule has 0 saturated heterocycles. The molecule has 0 N–H and O–H groups in total. The molecule has 1 aromatic heterocycles. The zero-order valence-corrected chi connectivity index (χ0v) is 11.5. The lowest BCUT2D eigenvalue weighted by Gasteiger charge is -2.28. The Morgan fingerprint density at radius 1 is 1.11 bits per heavy atom. The van der Waals surface area contributed by atoms with E-state index in [4.69, 9.17) is 4.98 Å². The highest BCUT2D eigenvalue weighted by molar-refractivity contribution is 5.26. The van der Waals surface area contributed by atoms with E-state index in [1.807, 2.05) is 0 Å². The lowest BCUT2D eigenvalue weighted by molar-refractivity contribution is 0.243. The van der Waals surface area contributed by atoms with Crippen molar-refractivity contribution in [3.05, 3.63) is 65.0 Å². The zero-order chi connectivity index (χ0) is 13.1. The van der Waals surface area contributed by atoms with Crippen molar-refractivity contribution in [3.8, 4) is 0 Å². The maximum atomic E-state index is 4.75. The van der Waals surface area contributed by atoms with E-state index in [2.05, 4.69) is 54.3 Å². The van der Waals surface area contributed by atoms with Gasteiger partial charge in [0.15, 0.2) is 0 Å². The average Bonchev–Trinajstić information content (AvgIpc) is 2.48. The van der Waals surface area contributed by atoms with Gasteiger partial charge in [0.05, 0.1) is 0 Å². The van der Waals surface area contributed by atoms with E-state index in [0.29, 0.717) is 0 Å². The molecule has 0 unspecified atom stereocenters. The topological polar surface area (TPSA) is 16.1 Å². The van der Waals surface area contributed by atoms with Gasteiger partial charge < -0.3 is 0 Å². The quantitative estimate of drug-likeness (QED) is 0.834. The third-order valence-corrected chi connectivity index (χ3v) is 3.80. The van der Waals surface area contributed by atoms with E-state index in [1.54, 1.807) is 0 Å². The highest BCUT2D eigenvalue weighted by Crippen LogP contribution is 2.19. The summed E-state index contributed by atoms with van der Waals surface area (Å²) in [4.78, 5) is 7.25. The summed E-state index contributed by atoms with van der Waals surface area (Å²) < 4.78 is 0. The summed E-state index contributed by atoms with van der Waals surface area (Å²) in [5.41, 5.74) is 5.32. The summed E-state index contributed by atoms with van der Waals surface area (Å²) in [7, 11) is 0. The fourth-order valence-corrected chi connectivity index (χ4v) is 2.69. The summed E-state index contributed by atoms with van der Waals surface area (Å²) in [5, 5.41) is 0. The molecule has 98 valence electrons. The first-order valence-electron chi connectivity index (χ1n) is 7.09. The molecular formula is C17H20N2. The van der Waals surface area contributed by atoms with E-state index in [0.717, 1.165) is 32.5 Å². The summed E-state index contributed by atoms with van der Waals surface area (Å²) in [6.07, 6.45) is 2.11. The second kappa shape index (κ2) is 5.54. The van der Waals surface area contributed by atoms with Gasteiger partial charge in [0.2, 0.25) is 0 Å². The minimum atomic E-state index is 1.03. The van der Waals surface area contributed by atoms with Gasteiger partial charge in [0, 0.05) is 37.4 Å². The Bertz CT molecular complexity index is 548. The Labute approximate surface area is 115 Å². The molecule has 0 saturated carbocycles. The van der Waals surface area contributed by atoms with E-state index in [-0.39, 0.29) is 0 Å². The molecule has 2 nitrogen and oxygen atoms in total. The van der Waals surface area contributed by atoms with E-state index in [9.17, 15) is 0 Å². The van der Waals surface area contributed by atoms with Crippen molar-refractivity contribution in [2.24, 2.45) is 0 Å². The van der Waals surface area contributed by atoms with Crippen molar-refractivity contribution in [3.63, 3.8) is 0 Å². The maximum absolute atomic E-state index is 4.75. The monoisotopic (exact) mass is 252 g/mol. The predicted octanol–water partition coefficient (Wildman–Crippen LogP) is 3.20. The first-order chi connectivity index (χ1) is 9.35. The Kier molecular flexibility index (Phi) is 3.60. The van der Waals surface area contributed by atoms with Crippen LogP contribution in [-0.2, 0) is 25.9 Å². The van der Waals surface area contributed by atoms with Crippen molar-refractivity contribution < 1.29 is 0 Å². The van der Waals surface area contributed by atoms with Crippen LogP contribution in [0.2, 0.25) is 0 Å². The van der Waals surface area contributed by atoms with Crippen molar-refractivity contribution >= 4 is 0 Å². The molecule has 0 fully saturated rings. The molecule has 1 aliphatic heterocycles. The molecule has 0 radical (unpaired) electrons. The number of aromatic nitrogens is 1. The molecule has 0 atom stereocenters. The second-order valence-corrected chi connectivity index (χ2v) is 5.21. The minimum Gasteiger partial charge on any atom is -0.294 e. The van der Waals surface area contributed by atoms with Gasteiger partial charge in [-0.1, -0.05) is 43.3 Å². The van der Waals surface area contributed by atoms with Crippen molar-refractivity contribution in [2.75, 3.05) is 6.54 Å². The zero-order valence-electron chi connectivity index (χ0n) is 11.5. The standard InChI is InChI=1S/C17H20N2/c1-2-16-9-8-15-13-19(11-10-17(15)18-16)12-14-6-4-3-5-7-14/h3-9H,2,10-13H2,1H3. The third-order valence-electron chi connectivity index (χ3n) is 3.80. The fourth-order valence-electron chi connectivity index (χ4n) is 2.69. The van der Waals surface area contributed by atoms with Crippen LogP contribution in [0, 0.1) is 0 Å². The molecule has 1 aliphatic rings. The molecular weight excluding hydrogens is 232 g/mol. The summed E-state index contributed by atoms with van der Waals surface area (Å²) >= 11 is 0. The van der Waals surface area contributed by atoms with Crippen LogP contribution in [0.4, 0.5) is 0 Å². The SMILES string of the molecule is CCc1ccc2c(n1)CCN(Cc1ccccc1)C2. The normalized spacial score (nSPS) is 15.2. The molecule has 2 heterocycles. The van der Waals surface area contributed by atoms with Crippen LogP contribution >= 0.6 is 0 Å². The van der Waals surface area contributed by atoms with Crippen LogP contribution in [0.15, 0.2) is 42.5 Å². The van der Waals surface area contributed by atoms with Gasteiger partial charge in [-0.2, -0.15) is 0 Å². The highest BCUT2D eigenvalue weighted by Gasteiger charge is 2.17. The summed E-state index contributed by atoms with van der Waals surface area (Å²) in [6.45, 7) is 5.35. The molecule has 19 heavy (non-hydrogen) atoms. The van der Waals surface area contributed by atoms with Gasteiger partial charge in [-0.15, -0.1) is 0 Å². The first-order valence-corrected chi connectivity index (χ1v) is 7.09.